The van der Waals surface area contributed by atoms with Gasteiger partial charge in [0.25, 0.3) is 0 Å². The molecule has 2 aromatic rings. The third-order valence-corrected chi connectivity index (χ3v) is 4.00. The van der Waals surface area contributed by atoms with Gasteiger partial charge < -0.3 is 4.57 Å². The largest absolute Gasteiger partial charge is 0.317 e. The average molecular weight is 269 g/mol. The highest BCUT2D eigenvalue weighted by molar-refractivity contribution is 5.89. The molecule has 2 heterocycles. The first-order valence-electron chi connectivity index (χ1n) is 6.32. The molecular formula is C15H12FN3O. The molecule has 0 spiro atoms. The zero-order valence-corrected chi connectivity index (χ0v) is 10.9. The molecule has 0 fully saturated rings. The normalized spacial score (nSPS) is 20.4. The summed E-state index contributed by atoms with van der Waals surface area (Å²) in [5.74, 6) is -0.551. The van der Waals surface area contributed by atoms with Crippen molar-refractivity contribution in [2.45, 2.75) is 25.3 Å². The highest BCUT2D eigenvalue weighted by atomic mass is 19.1. The number of aromatic nitrogens is 2. The Kier molecular flexibility index (Phi) is 2.68. The Morgan fingerprint density at radius 3 is 3.05 bits per heavy atom. The minimum atomic E-state index is -0.940. The van der Waals surface area contributed by atoms with E-state index in [9.17, 15) is 14.4 Å². The standard InChI is InChI=1S/C15H12FN3O/c1-10(20)15(5-4-13-8-18-9-19(13)15)14-3-2-12(16)6-11(14)7-17/h2-3,6,8-9H,4-5H2,1H3. The van der Waals surface area contributed by atoms with E-state index in [1.165, 1.54) is 25.1 Å². The summed E-state index contributed by atoms with van der Waals surface area (Å²) in [5.41, 5.74) is 0.755. The summed E-state index contributed by atoms with van der Waals surface area (Å²) in [6.07, 6.45) is 4.61. The number of nitriles is 1. The third-order valence-electron chi connectivity index (χ3n) is 4.00. The molecule has 1 aromatic heterocycles. The van der Waals surface area contributed by atoms with Gasteiger partial charge >= 0.3 is 0 Å². The number of ketones is 1. The number of halogens is 1. The summed E-state index contributed by atoms with van der Waals surface area (Å²) in [4.78, 5) is 16.4. The Morgan fingerprint density at radius 1 is 1.55 bits per heavy atom. The molecule has 0 bridgehead atoms. The van der Waals surface area contributed by atoms with Crippen LogP contribution in [0.5, 0.6) is 0 Å². The van der Waals surface area contributed by atoms with Gasteiger partial charge in [-0.3, -0.25) is 4.79 Å². The summed E-state index contributed by atoms with van der Waals surface area (Å²) < 4.78 is 15.1. The smallest absolute Gasteiger partial charge is 0.160 e. The minimum Gasteiger partial charge on any atom is -0.317 e. The molecule has 1 aliphatic rings. The van der Waals surface area contributed by atoms with Crippen molar-refractivity contribution < 1.29 is 9.18 Å². The van der Waals surface area contributed by atoms with Crippen LogP contribution < -0.4 is 0 Å². The fraction of sp³-hybridized carbons (Fsp3) is 0.267. The topological polar surface area (TPSA) is 58.7 Å². The molecule has 0 saturated heterocycles. The average Bonchev–Trinajstić information content (AvgIpc) is 3.00. The van der Waals surface area contributed by atoms with Crippen molar-refractivity contribution in [2.75, 3.05) is 0 Å². The van der Waals surface area contributed by atoms with Crippen molar-refractivity contribution in [1.82, 2.24) is 9.55 Å². The second kappa shape index (κ2) is 4.27. The number of imidazole rings is 1. The predicted octanol–water partition coefficient (Wildman–Crippen LogP) is 2.17. The number of carbonyl (C=O) groups is 1. The number of Topliss-reactive ketones (excluding diaryl/α,β-unsaturated/α-hetero) is 1. The lowest BCUT2D eigenvalue weighted by molar-refractivity contribution is -0.123. The first-order chi connectivity index (χ1) is 9.59. The van der Waals surface area contributed by atoms with Gasteiger partial charge in [-0.15, -0.1) is 0 Å². The van der Waals surface area contributed by atoms with E-state index in [2.05, 4.69) is 4.98 Å². The van der Waals surface area contributed by atoms with Gasteiger partial charge in [0.1, 0.15) is 11.4 Å². The number of rotatable bonds is 2. The second-order valence-corrected chi connectivity index (χ2v) is 4.97. The van der Waals surface area contributed by atoms with Crippen LogP contribution in [0.3, 0.4) is 0 Å². The molecule has 1 aliphatic heterocycles. The van der Waals surface area contributed by atoms with Crippen LogP contribution in [-0.2, 0) is 16.8 Å². The Balaban J connectivity index is 2.30. The summed E-state index contributed by atoms with van der Waals surface area (Å²) >= 11 is 0. The number of fused-ring (bicyclic) bond motifs is 1. The quantitative estimate of drug-likeness (QED) is 0.839. The molecule has 20 heavy (non-hydrogen) atoms. The lowest BCUT2D eigenvalue weighted by Crippen LogP contribution is -2.39. The number of hydrogen-bond donors (Lipinski definition) is 0. The summed E-state index contributed by atoms with van der Waals surface area (Å²) in [5, 5.41) is 9.25. The third kappa shape index (κ3) is 1.51. The molecule has 0 amide bonds. The van der Waals surface area contributed by atoms with Crippen LogP contribution >= 0.6 is 0 Å². The van der Waals surface area contributed by atoms with Gasteiger partial charge in [0.05, 0.1) is 18.0 Å². The van der Waals surface area contributed by atoms with Gasteiger partial charge in [-0.1, -0.05) is 6.07 Å². The number of nitrogens with zero attached hydrogens (tertiary/aromatic N) is 3. The lowest BCUT2D eigenvalue weighted by atomic mass is 9.81. The SMILES string of the molecule is CC(=O)C1(c2ccc(F)cc2C#N)CCc2cncn21. The second-order valence-electron chi connectivity index (χ2n) is 4.97. The molecule has 100 valence electrons. The highest BCUT2D eigenvalue weighted by Gasteiger charge is 2.45. The van der Waals surface area contributed by atoms with Gasteiger partial charge in [0.15, 0.2) is 5.78 Å². The molecule has 1 unspecified atom stereocenters. The molecule has 0 radical (unpaired) electrons. The molecular weight excluding hydrogens is 257 g/mol. The van der Waals surface area contributed by atoms with Crippen LogP contribution in [0.2, 0.25) is 0 Å². The van der Waals surface area contributed by atoms with Gasteiger partial charge in [-0.25, -0.2) is 9.37 Å². The van der Waals surface area contributed by atoms with Gasteiger partial charge in [0, 0.05) is 17.5 Å². The van der Waals surface area contributed by atoms with Crippen LogP contribution in [0.25, 0.3) is 0 Å². The molecule has 0 aliphatic carbocycles. The highest BCUT2D eigenvalue weighted by Crippen LogP contribution is 2.40. The van der Waals surface area contributed by atoms with E-state index in [0.29, 0.717) is 18.4 Å². The summed E-state index contributed by atoms with van der Waals surface area (Å²) in [6, 6.07) is 5.99. The first kappa shape index (κ1) is 12.5. The van der Waals surface area contributed by atoms with Crippen LogP contribution in [0, 0.1) is 17.1 Å². The van der Waals surface area contributed by atoms with Crippen molar-refractivity contribution in [2.24, 2.45) is 0 Å². The van der Waals surface area contributed by atoms with Gasteiger partial charge in [-0.05, 0) is 31.9 Å². The maximum atomic E-state index is 13.3. The molecule has 1 atom stereocenters. The molecule has 3 rings (SSSR count). The zero-order chi connectivity index (χ0) is 14.3. The number of hydrogen-bond acceptors (Lipinski definition) is 3. The van der Waals surface area contributed by atoms with Crippen LogP contribution in [-0.4, -0.2) is 15.3 Å². The lowest BCUT2D eigenvalue weighted by Gasteiger charge is -2.30. The maximum absolute atomic E-state index is 13.3. The minimum absolute atomic E-state index is 0.0719. The summed E-state index contributed by atoms with van der Waals surface area (Å²) in [7, 11) is 0. The van der Waals surface area contributed by atoms with Gasteiger partial charge in [0.2, 0.25) is 0 Å². The predicted molar refractivity (Wildman–Crippen MR) is 69.4 cm³/mol. The van der Waals surface area contributed by atoms with Crippen molar-refractivity contribution in [3.05, 3.63) is 53.4 Å². The Morgan fingerprint density at radius 2 is 2.35 bits per heavy atom. The van der Waals surface area contributed by atoms with E-state index in [1.807, 2.05) is 10.6 Å². The van der Waals surface area contributed by atoms with Crippen molar-refractivity contribution in [3.8, 4) is 6.07 Å². The molecule has 1 aromatic carbocycles. The molecule has 5 heteroatoms. The van der Waals surface area contributed by atoms with E-state index < -0.39 is 11.4 Å². The number of carbonyl (C=O) groups excluding carboxylic acids is 1. The van der Waals surface area contributed by atoms with Crippen molar-refractivity contribution >= 4 is 5.78 Å². The molecule has 0 saturated carbocycles. The van der Waals surface area contributed by atoms with E-state index in [4.69, 9.17) is 0 Å². The molecule has 4 nitrogen and oxygen atoms in total. The fourth-order valence-electron chi connectivity index (χ4n) is 3.05. The Hall–Kier alpha value is -2.48. The van der Waals surface area contributed by atoms with E-state index in [0.717, 1.165) is 5.69 Å². The molecule has 0 N–H and O–H groups in total. The fourth-order valence-corrected chi connectivity index (χ4v) is 3.05. The van der Waals surface area contributed by atoms with Crippen LogP contribution in [0.1, 0.15) is 30.2 Å². The Bertz CT molecular complexity index is 744. The van der Waals surface area contributed by atoms with E-state index in [1.54, 1.807) is 12.5 Å². The van der Waals surface area contributed by atoms with Crippen LogP contribution in [0.15, 0.2) is 30.7 Å². The zero-order valence-electron chi connectivity index (χ0n) is 10.9. The van der Waals surface area contributed by atoms with Gasteiger partial charge in [-0.2, -0.15) is 5.26 Å². The summed E-state index contributed by atoms with van der Waals surface area (Å²) in [6.45, 7) is 1.50. The van der Waals surface area contributed by atoms with Crippen molar-refractivity contribution in [3.63, 3.8) is 0 Å². The van der Waals surface area contributed by atoms with E-state index >= 15 is 0 Å². The monoisotopic (exact) mass is 269 g/mol. The van der Waals surface area contributed by atoms with E-state index in [-0.39, 0.29) is 11.3 Å². The first-order valence-corrected chi connectivity index (χ1v) is 6.32. The number of benzene rings is 1. The van der Waals surface area contributed by atoms with Crippen molar-refractivity contribution in [1.29, 1.82) is 5.26 Å². The van der Waals surface area contributed by atoms with Crippen LogP contribution in [0.4, 0.5) is 4.39 Å². The number of aryl methyl sites for hydroxylation is 1. The Labute approximate surface area is 115 Å². The maximum Gasteiger partial charge on any atom is 0.160 e.